The number of esters is 1. The predicted molar refractivity (Wildman–Crippen MR) is 61.6 cm³/mol. The van der Waals surface area contributed by atoms with Crippen LogP contribution in [0.4, 0.5) is 0 Å². The average Bonchev–Trinajstić information content (AvgIpc) is 2.82. The molecule has 1 aliphatic carbocycles. The van der Waals surface area contributed by atoms with E-state index in [2.05, 4.69) is 0 Å². The minimum atomic E-state index is -0.239. The molecule has 80 valence electrons. The molecular weight excluding hydrogens is 216 g/mol. The van der Waals surface area contributed by atoms with Gasteiger partial charge in [-0.1, -0.05) is 12.8 Å². The van der Waals surface area contributed by atoms with Crippen LogP contribution < -0.4 is 0 Å². The van der Waals surface area contributed by atoms with Gasteiger partial charge in [-0.2, -0.15) is 0 Å². The number of carbonyl (C=O) groups excluding carboxylic acids is 1. The van der Waals surface area contributed by atoms with E-state index in [1.807, 2.05) is 6.92 Å². The first-order chi connectivity index (χ1) is 6.77. The minimum Gasteiger partial charge on any atom is -0.464 e. The van der Waals surface area contributed by atoms with Crippen LogP contribution in [0.5, 0.6) is 0 Å². The summed E-state index contributed by atoms with van der Waals surface area (Å²) in [5.41, 5.74) is 0. The summed E-state index contributed by atoms with van der Waals surface area (Å²) in [5.74, 6) is 2.99. The van der Waals surface area contributed by atoms with Gasteiger partial charge in [0.15, 0.2) is 4.08 Å². The molecular formula is C10H16O2S2. The maximum Gasteiger partial charge on any atom is 0.332 e. The fraction of sp³-hybridized carbons (Fsp3) is 0.900. The van der Waals surface area contributed by atoms with E-state index in [4.69, 9.17) is 4.74 Å². The third-order valence-electron chi connectivity index (χ3n) is 2.59. The van der Waals surface area contributed by atoms with E-state index >= 15 is 0 Å². The zero-order chi connectivity index (χ0) is 10.0. The van der Waals surface area contributed by atoms with Gasteiger partial charge in [0.25, 0.3) is 0 Å². The van der Waals surface area contributed by atoms with Gasteiger partial charge in [-0.15, -0.1) is 23.5 Å². The number of rotatable bonds is 4. The third kappa shape index (κ3) is 2.22. The van der Waals surface area contributed by atoms with Gasteiger partial charge in [0.05, 0.1) is 6.61 Å². The molecule has 1 aliphatic heterocycles. The fourth-order valence-electron chi connectivity index (χ4n) is 1.72. The van der Waals surface area contributed by atoms with Gasteiger partial charge in [-0.05, 0) is 19.3 Å². The normalized spacial score (nSPS) is 24.9. The maximum atomic E-state index is 11.9. The lowest BCUT2D eigenvalue weighted by molar-refractivity contribution is -0.143. The van der Waals surface area contributed by atoms with Crippen LogP contribution in [0.3, 0.4) is 0 Å². The number of hydrogen-bond donors (Lipinski definition) is 0. The van der Waals surface area contributed by atoms with E-state index in [-0.39, 0.29) is 10.0 Å². The molecule has 2 rings (SSSR count). The number of carbonyl (C=O) groups is 1. The van der Waals surface area contributed by atoms with Crippen molar-refractivity contribution in [1.82, 2.24) is 0 Å². The van der Waals surface area contributed by atoms with Crippen LogP contribution in [0.2, 0.25) is 0 Å². The molecule has 2 nitrogen and oxygen atoms in total. The van der Waals surface area contributed by atoms with Crippen LogP contribution in [0, 0.1) is 5.92 Å². The lowest BCUT2D eigenvalue weighted by Crippen LogP contribution is -2.32. The summed E-state index contributed by atoms with van der Waals surface area (Å²) < 4.78 is 4.94. The number of thioether (sulfide) groups is 2. The van der Waals surface area contributed by atoms with Crippen molar-refractivity contribution in [2.75, 3.05) is 18.1 Å². The lowest BCUT2D eigenvalue weighted by atomic mass is 10.2. The Kier molecular flexibility index (Phi) is 3.32. The molecule has 0 N–H and O–H groups in total. The van der Waals surface area contributed by atoms with Crippen molar-refractivity contribution >= 4 is 29.5 Å². The molecule has 0 unspecified atom stereocenters. The molecule has 1 heterocycles. The van der Waals surface area contributed by atoms with E-state index in [1.165, 1.54) is 12.8 Å². The Morgan fingerprint density at radius 2 is 2.07 bits per heavy atom. The molecule has 0 bridgehead atoms. The molecule has 0 spiro atoms. The van der Waals surface area contributed by atoms with Crippen molar-refractivity contribution in [2.45, 2.75) is 30.3 Å². The lowest BCUT2D eigenvalue weighted by Gasteiger charge is -2.24. The van der Waals surface area contributed by atoms with Gasteiger partial charge < -0.3 is 4.74 Å². The van der Waals surface area contributed by atoms with Gasteiger partial charge in [0.1, 0.15) is 0 Å². The summed E-state index contributed by atoms with van der Waals surface area (Å²) in [5, 5.41) is 0. The molecule has 0 aromatic carbocycles. The zero-order valence-electron chi connectivity index (χ0n) is 8.45. The Morgan fingerprint density at radius 3 is 2.57 bits per heavy atom. The Bertz CT molecular complexity index is 220. The number of hydrogen-bond acceptors (Lipinski definition) is 4. The molecule has 4 heteroatoms. The smallest absolute Gasteiger partial charge is 0.332 e. The van der Waals surface area contributed by atoms with E-state index < -0.39 is 0 Å². The van der Waals surface area contributed by atoms with Crippen LogP contribution in [0.1, 0.15) is 26.2 Å². The Balaban J connectivity index is 1.99. The highest BCUT2D eigenvalue weighted by Gasteiger charge is 2.47. The second-order valence-electron chi connectivity index (χ2n) is 3.82. The van der Waals surface area contributed by atoms with Crippen molar-refractivity contribution < 1.29 is 9.53 Å². The molecule has 0 radical (unpaired) electrons. The molecule has 0 atom stereocenters. The van der Waals surface area contributed by atoms with Crippen LogP contribution in [0.25, 0.3) is 0 Å². The van der Waals surface area contributed by atoms with Crippen molar-refractivity contribution in [3.63, 3.8) is 0 Å². The Morgan fingerprint density at radius 1 is 1.43 bits per heavy atom. The first kappa shape index (κ1) is 10.7. The molecule has 0 aromatic heterocycles. The molecule has 2 fully saturated rings. The molecule has 14 heavy (non-hydrogen) atoms. The van der Waals surface area contributed by atoms with Crippen molar-refractivity contribution in [2.24, 2.45) is 5.92 Å². The quantitative estimate of drug-likeness (QED) is 0.696. The first-order valence-corrected chi connectivity index (χ1v) is 7.19. The predicted octanol–water partition coefficient (Wildman–Crippen LogP) is 2.53. The van der Waals surface area contributed by atoms with Crippen LogP contribution in [0.15, 0.2) is 0 Å². The van der Waals surface area contributed by atoms with Crippen molar-refractivity contribution in [3.8, 4) is 0 Å². The highest BCUT2D eigenvalue weighted by atomic mass is 32.2. The number of ether oxygens (including phenoxy) is 1. The molecule has 0 aromatic rings. The van der Waals surface area contributed by atoms with Gasteiger partial charge in [-0.3, -0.25) is 0 Å². The Labute approximate surface area is 93.5 Å². The summed E-state index contributed by atoms with van der Waals surface area (Å²) in [7, 11) is 0. The van der Waals surface area contributed by atoms with Crippen LogP contribution in [-0.4, -0.2) is 28.2 Å². The standard InChI is InChI=1S/C10H16O2S2/c1-2-12-9(11)10(7-8-3-4-8)13-5-6-14-10/h8H,2-7H2,1H3. The van der Waals surface area contributed by atoms with E-state index in [0.717, 1.165) is 23.8 Å². The second-order valence-corrected chi connectivity index (χ2v) is 6.86. The van der Waals surface area contributed by atoms with Gasteiger partial charge in [0.2, 0.25) is 0 Å². The van der Waals surface area contributed by atoms with Gasteiger partial charge in [0, 0.05) is 11.5 Å². The second kappa shape index (κ2) is 4.35. The zero-order valence-corrected chi connectivity index (χ0v) is 10.1. The van der Waals surface area contributed by atoms with E-state index in [1.54, 1.807) is 23.5 Å². The largest absolute Gasteiger partial charge is 0.464 e. The van der Waals surface area contributed by atoms with Crippen LogP contribution >= 0.6 is 23.5 Å². The highest BCUT2D eigenvalue weighted by molar-refractivity contribution is 8.22. The van der Waals surface area contributed by atoms with E-state index in [0.29, 0.717) is 6.61 Å². The highest BCUT2D eigenvalue weighted by Crippen LogP contribution is 2.52. The molecule has 0 amide bonds. The Hall–Kier alpha value is 0.170. The maximum absolute atomic E-state index is 11.9. The SMILES string of the molecule is CCOC(=O)C1(CC2CC2)SCCS1. The molecule has 1 saturated carbocycles. The molecule has 1 saturated heterocycles. The monoisotopic (exact) mass is 232 g/mol. The fourth-order valence-corrected chi connectivity index (χ4v) is 4.94. The summed E-state index contributed by atoms with van der Waals surface area (Å²) in [6, 6.07) is 0. The summed E-state index contributed by atoms with van der Waals surface area (Å²) in [4.78, 5) is 11.9. The van der Waals surface area contributed by atoms with Gasteiger partial charge >= 0.3 is 5.97 Å². The van der Waals surface area contributed by atoms with E-state index in [9.17, 15) is 4.79 Å². The topological polar surface area (TPSA) is 26.3 Å². The average molecular weight is 232 g/mol. The summed E-state index contributed by atoms with van der Waals surface area (Å²) in [6.45, 7) is 2.39. The van der Waals surface area contributed by atoms with Crippen molar-refractivity contribution in [1.29, 1.82) is 0 Å². The minimum absolute atomic E-state index is 0.0133. The van der Waals surface area contributed by atoms with Gasteiger partial charge in [-0.25, -0.2) is 4.79 Å². The summed E-state index contributed by atoms with van der Waals surface area (Å²) in [6.07, 6.45) is 3.64. The summed E-state index contributed by atoms with van der Waals surface area (Å²) >= 11 is 3.59. The van der Waals surface area contributed by atoms with Crippen LogP contribution in [-0.2, 0) is 9.53 Å². The molecule has 2 aliphatic rings. The van der Waals surface area contributed by atoms with Crippen molar-refractivity contribution in [3.05, 3.63) is 0 Å². The third-order valence-corrected chi connectivity index (χ3v) is 5.98. The first-order valence-electron chi connectivity index (χ1n) is 5.22.